The maximum absolute atomic E-state index is 6.19. The molecule has 0 bridgehead atoms. The molecule has 1 aromatic heterocycles. The standard InChI is InChI=1S/C13H21ClN2S/c1-8-6-9(2)16(7-8)13(10(3)15)11-4-5-12(14)17-11/h4-5,8-10,13H,6-7,15H2,1-3H3. The first-order chi connectivity index (χ1) is 7.99. The molecule has 1 aliphatic rings. The molecule has 0 aromatic carbocycles. The average Bonchev–Trinajstić information content (AvgIpc) is 2.75. The second-order valence-corrected chi connectivity index (χ2v) is 7.08. The lowest BCUT2D eigenvalue weighted by Crippen LogP contribution is -2.41. The van der Waals surface area contributed by atoms with Crippen LogP contribution in [0.25, 0.3) is 0 Å². The second kappa shape index (κ2) is 5.27. The molecule has 0 spiro atoms. The van der Waals surface area contributed by atoms with Gasteiger partial charge in [0.1, 0.15) is 0 Å². The number of nitrogens with two attached hydrogens (primary N) is 1. The zero-order chi connectivity index (χ0) is 12.6. The zero-order valence-electron chi connectivity index (χ0n) is 10.7. The Bertz CT molecular complexity index is 377. The highest BCUT2D eigenvalue weighted by Crippen LogP contribution is 2.37. The minimum absolute atomic E-state index is 0.137. The summed E-state index contributed by atoms with van der Waals surface area (Å²) in [6.45, 7) is 7.85. The SMILES string of the molecule is CC1CC(C)N(C(c2ccc(Cl)s2)C(C)N)C1. The predicted octanol–water partition coefficient (Wildman–Crippen LogP) is 3.52. The van der Waals surface area contributed by atoms with E-state index in [9.17, 15) is 0 Å². The Labute approximate surface area is 113 Å². The number of rotatable bonds is 3. The normalized spacial score (nSPS) is 29.5. The first-order valence-corrected chi connectivity index (χ1v) is 7.45. The Hall–Kier alpha value is -0.0900. The van der Waals surface area contributed by atoms with Crippen molar-refractivity contribution < 1.29 is 0 Å². The smallest absolute Gasteiger partial charge is 0.0931 e. The zero-order valence-corrected chi connectivity index (χ0v) is 12.3. The van der Waals surface area contributed by atoms with E-state index in [0.717, 1.165) is 16.8 Å². The Morgan fingerprint density at radius 3 is 2.59 bits per heavy atom. The van der Waals surface area contributed by atoms with Crippen molar-refractivity contribution in [2.75, 3.05) is 6.54 Å². The molecule has 4 heteroatoms. The molecule has 0 amide bonds. The molecule has 17 heavy (non-hydrogen) atoms. The summed E-state index contributed by atoms with van der Waals surface area (Å²) in [4.78, 5) is 3.84. The number of thiophene rings is 1. The lowest BCUT2D eigenvalue weighted by molar-refractivity contribution is 0.170. The van der Waals surface area contributed by atoms with Gasteiger partial charge in [-0.05, 0) is 38.3 Å². The van der Waals surface area contributed by atoms with Gasteiger partial charge in [-0.25, -0.2) is 0 Å². The van der Waals surface area contributed by atoms with Gasteiger partial charge >= 0.3 is 0 Å². The van der Waals surface area contributed by atoms with E-state index >= 15 is 0 Å². The second-order valence-electron chi connectivity index (χ2n) is 5.33. The van der Waals surface area contributed by atoms with Crippen LogP contribution >= 0.6 is 22.9 Å². The molecular weight excluding hydrogens is 252 g/mol. The van der Waals surface area contributed by atoms with Gasteiger partial charge in [0.2, 0.25) is 0 Å². The van der Waals surface area contributed by atoms with E-state index in [1.165, 1.54) is 11.3 Å². The molecule has 4 unspecified atom stereocenters. The van der Waals surface area contributed by atoms with Crippen LogP contribution in [-0.4, -0.2) is 23.5 Å². The summed E-state index contributed by atoms with van der Waals surface area (Å²) in [5, 5.41) is 0. The van der Waals surface area contributed by atoms with Crippen LogP contribution in [0, 0.1) is 5.92 Å². The summed E-state index contributed by atoms with van der Waals surface area (Å²) in [5.41, 5.74) is 6.19. The minimum Gasteiger partial charge on any atom is -0.326 e. The van der Waals surface area contributed by atoms with E-state index in [1.54, 1.807) is 11.3 Å². The summed E-state index contributed by atoms with van der Waals surface area (Å²) < 4.78 is 0.852. The number of hydrogen-bond donors (Lipinski definition) is 1. The molecule has 1 aromatic rings. The summed E-state index contributed by atoms with van der Waals surface area (Å²) in [5.74, 6) is 0.765. The van der Waals surface area contributed by atoms with Gasteiger partial charge < -0.3 is 5.73 Å². The molecule has 0 radical (unpaired) electrons. The molecule has 0 saturated carbocycles. The maximum Gasteiger partial charge on any atom is 0.0931 e. The largest absolute Gasteiger partial charge is 0.326 e. The van der Waals surface area contributed by atoms with Crippen LogP contribution in [0.3, 0.4) is 0 Å². The molecule has 2 nitrogen and oxygen atoms in total. The molecule has 0 aliphatic carbocycles. The van der Waals surface area contributed by atoms with E-state index in [2.05, 4.69) is 31.7 Å². The van der Waals surface area contributed by atoms with Crippen molar-refractivity contribution in [3.63, 3.8) is 0 Å². The van der Waals surface area contributed by atoms with Crippen molar-refractivity contribution in [3.8, 4) is 0 Å². The first kappa shape index (κ1) is 13.3. The Morgan fingerprint density at radius 2 is 2.18 bits per heavy atom. The fourth-order valence-electron chi connectivity index (χ4n) is 2.93. The first-order valence-electron chi connectivity index (χ1n) is 6.25. The highest BCUT2D eigenvalue weighted by molar-refractivity contribution is 7.16. The van der Waals surface area contributed by atoms with Crippen LogP contribution in [-0.2, 0) is 0 Å². The number of halogens is 1. The molecule has 2 heterocycles. The van der Waals surface area contributed by atoms with Crippen molar-refractivity contribution in [1.29, 1.82) is 0 Å². The van der Waals surface area contributed by atoms with Crippen LogP contribution in [0.5, 0.6) is 0 Å². The number of nitrogens with zero attached hydrogens (tertiary/aromatic N) is 1. The van der Waals surface area contributed by atoms with Crippen molar-refractivity contribution in [1.82, 2.24) is 4.90 Å². The third-order valence-electron chi connectivity index (χ3n) is 3.57. The fraction of sp³-hybridized carbons (Fsp3) is 0.692. The van der Waals surface area contributed by atoms with Gasteiger partial charge in [0, 0.05) is 23.5 Å². The molecule has 2 rings (SSSR count). The lowest BCUT2D eigenvalue weighted by atomic mass is 10.1. The van der Waals surface area contributed by atoms with Crippen LogP contribution in [0.1, 0.15) is 38.1 Å². The fourth-order valence-corrected chi connectivity index (χ4v) is 4.23. The molecule has 1 saturated heterocycles. The van der Waals surface area contributed by atoms with Crippen molar-refractivity contribution in [2.45, 2.75) is 45.3 Å². The summed E-state index contributed by atoms with van der Waals surface area (Å²) >= 11 is 7.70. The van der Waals surface area contributed by atoms with Crippen LogP contribution in [0.15, 0.2) is 12.1 Å². The third kappa shape index (κ3) is 2.84. The highest BCUT2D eigenvalue weighted by Gasteiger charge is 2.34. The predicted molar refractivity (Wildman–Crippen MR) is 75.7 cm³/mol. The van der Waals surface area contributed by atoms with Gasteiger partial charge in [-0.15, -0.1) is 11.3 Å². The Balaban J connectivity index is 2.24. The van der Waals surface area contributed by atoms with Crippen molar-refractivity contribution in [2.24, 2.45) is 11.7 Å². The molecule has 1 aliphatic heterocycles. The monoisotopic (exact) mass is 272 g/mol. The minimum atomic E-state index is 0.137. The number of likely N-dealkylation sites (tertiary alicyclic amines) is 1. The highest BCUT2D eigenvalue weighted by atomic mass is 35.5. The Morgan fingerprint density at radius 1 is 1.47 bits per heavy atom. The van der Waals surface area contributed by atoms with E-state index < -0.39 is 0 Å². The van der Waals surface area contributed by atoms with E-state index in [0.29, 0.717) is 12.1 Å². The maximum atomic E-state index is 6.19. The lowest BCUT2D eigenvalue weighted by Gasteiger charge is -2.33. The van der Waals surface area contributed by atoms with E-state index in [-0.39, 0.29) is 6.04 Å². The van der Waals surface area contributed by atoms with Crippen LogP contribution < -0.4 is 5.73 Å². The van der Waals surface area contributed by atoms with Crippen LogP contribution in [0.4, 0.5) is 0 Å². The van der Waals surface area contributed by atoms with Gasteiger partial charge in [-0.1, -0.05) is 18.5 Å². The molecule has 1 fully saturated rings. The van der Waals surface area contributed by atoms with Gasteiger partial charge in [-0.3, -0.25) is 4.90 Å². The topological polar surface area (TPSA) is 29.3 Å². The van der Waals surface area contributed by atoms with Gasteiger partial charge in [0.15, 0.2) is 0 Å². The molecule has 2 N–H and O–H groups in total. The van der Waals surface area contributed by atoms with E-state index in [1.807, 2.05) is 6.07 Å². The summed E-state index contributed by atoms with van der Waals surface area (Å²) in [7, 11) is 0. The third-order valence-corrected chi connectivity index (χ3v) is 4.87. The molecule has 4 atom stereocenters. The summed E-state index contributed by atoms with van der Waals surface area (Å²) in [6.07, 6.45) is 1.27. The van der Waals surface area contributed by atoms with Crippen molar-refractivity contribution in [3.05, 3.63) is 21.3 Å². The molecular formula is C13H21ClN2S. The molecule has 96 valence electrons. The van der Waals surface area contributed by atoms with Gasteiger partial charge in [-0.2, -0.15) is 0 Å². The number of hydrogen-bond acceptors (Lipinski definition) is 3. The van der Waals surface area contributed by atoms with Gasteiger partial charge in [0.25, 0.3) is 0 Å². The Kier molecular flexibility index (Phi) is 4.14. The quantitative estimate of drug-likeness (QED) is 0.912. The van der Waals surface area contributed by atoms with E-state index in [4.69, 9.17) is 17.3 Å². The van der Waals surface area contributed by atoms with Gasteiger partial charge in [0.05, 0.1) is 10.4 Å². The average molecular weight is 273 g/mol. The summed E-state index contributed by atoms with van der Waals surface area (Å²) in [6, 6.07) is 5.16. The van der Waals surface area contributed by atoms with Crippen molar-refractivity contribution >= 4 is 22.9 Å². The van der Waals surface area contributed by atoms with Crippen LogP contribution in [0.2, 0.25) is 4.34 Å².